The average Bonchev–Trinajstić information content (AvgIpc) is 2.04. The van der Waals surface area contributed by atoms with Crippen LogP contribution in [-0.4, -0.2) is 5.88 Å². The van der Waals surface area contributed by atoms with Crippen molar-refractivity contribution in [2.75, 3.05) is 5.88 Å². The number of rotatable bonds is 2. The van der Waals surface area contributed by atoms with Gasteiger partial charge in [-0.3, -0.25) is 0 Å². The lowest BCUT2D eigenvalue weighted by Crippen LogP contribution is -1.73. The van der Waals surface area contributed by atoms with E-state index >= 15 is 0 Å². The zero-order valence-corrected chi connectivity index (χ0v) is 7.19. The highest BCUT2D eigenvalue weighted by Gasteiger charge is 1.92. The number of thioether (sulfide) groups is 1. The van der Waals surface area contributed by atoms with Gasteiger partial charge in [0.2, 0.25) is 0 Å². The van der Waals surface area contributed by atoms with Gasteiger partial charge >= 0.3 is 0 Å². The van der Waals surface area contributed by atoms with Gasteiger partial charge in [-0.15, -0.1) is 0 Å². The highest BCUT2D eigenvalue weighted by molar-refractivity contribution is 7.99. The van der Waals surface area contributed by atoms with Crippen molar-refractivity contribution in [3.05, 3.63) is 41.2 Å². The van der Waals surface area contributed by atoms with E-state index in [9.17, 15) is 0 Å². The Bertz CT molecular complexity index is 258. The van der Waals surface area contributed by atoms with Crippen LogP contribution in [0.2, 0.25) is 0 Å². The van der Waals surface area contributed by atoms with Gasteiger partial charge in [0.25, 0.3) is 5.88 Å². The second-order valence-corrected chi connectivity index (χ2v) is 3.26. The lowest BCUT2D eigenvalue weighted by molar-refractivity contribution is 1.38. The maximum Gasteiger partial charge on any atom is 0.264 e. The van der Waals surface area contributed by atoms with Crippen LogP contribution in [0.5, 0.6) is 0 Å². The van der Waals surface area contributed by atoms with E-state index in [1.165, 1.54) is 10.5 Å². The van der Waals surface area contributed by atoms with Gasteiger partial charge in [-0.2, -0.15) is 0 Å². The third-order valence-corrected chi connectivity index (χ3v) is 2.18. The van der Waals surface area contributed by atoms with Crippen LogP contribution in [0.4, 0.5) is 0 Å². The van der Waals surface area contributed by atoms with Gasteiger partial charge in [0, 0.05) is 4.90 Å². The van der Waals surface area contributed by atoms with Crippen LogP contribution >= 0.6 is 11.8 Å². The lowest BCUT2D eigenvalue weighted by Gasteiger charge is -1.94. The van der Waals surface area contributed by atoms with Crippen LogP contribution in [0.15, 0.2) is 29.2 Å². The van der Waals surface area contributed by atoms with Crippen molar-refractivity contribution in [2.24, 2.45) is 0 Å². The number of nitrogens with zero attached hydrogens (tertiary/aromatic N) is 1. The van der Waals surface area contributed by atoms with Gasteiger partial charge in [-0.1, -0.05) is 17.7 Å². The highest BCUT2D eigenvalue weighted by Crippen LogP contribution is 2.17. The molecule has 0 aromatic heterocycles. The first-order chi connectivity index (χ1) is 5.33. The predicted molar refractivity (Wildman–Crippen MR) is 48.5 cm³/mol. The Balaban J connectivity index is 2.60. The molecule has 0 radical (unpaired) electrons. The molecule has 0 saturated heterocycles. The molecule has 0 saturated carbocycles. The molecule has 0 spiro atoms. The van der Waals surface area contributed by atoms with E-state index in [1.54, 1.807) is 11.8 Å². The summed E-state index contributed by atoms with van der Waals surface area (Å²) in [6.07, 6.45) is 0. The number of hydrogen-bond acceptors (Lipinski definition) is 1. The van der Waals surface area contributed by atoms with Crippen molar-refractivity contribution in [2.45, 2.75) is 11.8 Å². The summed E-state index contributed by atoms with van der Waals surface area (Å²) < 4.78 is 0. The molecule has 1 aromatic rings. The third kappa shape index (κ3) is 2.65. The average molecular weight is 163 g/mol. The molecular formula is C9H9NS. The molecule has 0 N–H and O–H groups in total. The fourth-order valence-electron chi connectivity index (χ4n) is 0.741. The highest BCUT2D eigenvalue weighted by atomic mass is 32.2. The molecule has 1 nitrogen and oxygen atoms in total. The zero-order chi connectivity index (χ0) is 8.10. The van der Waals surface area contributed by atoms with Gasteiger partial charge in [0.15, 0.2) is 0 Å². The molecule has 0 amide bonds. The summed E-state index contributed by atoms with van der Waals surface area (Å²) in [5, 5.41) is 0. The first kappa shape index (κ1) is 8.16. The Morgan fingerprint density at radius 1 is 1.36 bits per heavy atom. The molecule has 0 aliphatic rings. The standard InChI is InChI=1S/C9H9NS/c1-8-3-5-9(6-4-8)11-7-10-2/h3-6H,7H2,1H3. The largest absolute Gasteiger partial charge is 0.305 e. The van der Waals surface area contributed by atoms with E-state index in [-0.39, 0.29) is 0 Å². The summed E-state index contributed by atoms with van der Waals surface area (Å²) >= 11 is 1.57. The molecule has 2 heteroatoms. The molecule has 11 heavy (non-hydrogen) atoms. The molecule has 0 fully saturated rings. The minimum absolute atomic E-state index is 0.517. The Morgan fingerprint density at radius 3 is 2.55 bits per heavy atom. The SMILES string of the molecule is [C-]#[N+]CSc1ccc(C)cc1. The molecule has 0 bridgehead atoms. The van der Waals surface area contributed by atoms with Crippen LogP contribution in [0, 0.1) is 13.5 Å². The Labute approximate surface area is 71.3 Å². The van der Waals surface area contributed by atoms with E-state index < -0.39 is 0 Å². The van der Waals surface area contributed by atoms with Crippen LogP contribution in [0.1, 0.15) is 5.56 Å². The smallest absolute Gasteiger partial charge is 0.264 e. The summed E-state index contributed by atoms with van der Waals surface area (Å²) in [6.45, 7) is 8.66. The first-order valence-electron chi connectivity index (χ1n) is 3.35. The molecule has 1 aromatic carbocycles. The van der Waals surface area contributed by atoms with Gasteiger partial charge in [0.1, 0.15) is 0 Å². The van der Waals surface area contributed by atoms with Crippen molar-refractivity contribution in [1.29, 1.82) is 0 Å². The molecule has 0 unspecified atom stereocenters. The topological polar surface area (TPSA) is 4.36 Å². The quantitative estimate of drug-likeness (QED) is 0.479. The van der Waals surface area contributed by atoms with Crippen molar-refractivity contribution >= 4 is 11.8 Å². The number of benzene rings is 1. The van der Waals surface area contributed by atoms with Crippen molar-refractivity contribution in [1.82, 2.24) is 0 Å². The molecule has 0 atom stereocenters. The van der Waals surface area contributed by atoms with E-state index in [2.05, 4.69) is 23.9 Å². The van der Waals surface area contributed by atoms with Crippen LogP contribution < -0.4 is 0 Å². The fraction of sp³-hybridized carbons (Fsp3) is 0.222. The summed E-state index contributed by atoms with van der Waals surface area (Å²) in [6, 6.07) is 8.22. The molecule has 0 aliphatic heterocycles. The lowest BCUT2D eigenvalue weighted by atomic mass is 10.2. The predicted octanol–water partition coefficient (Wildman–Crippen LogP) is 2.96. The van der Waals surface area contributed by atoms with Crippen LogP contribution in [0.3, 0.4) is 0 Å². The van der Waals surface area contributed by atoms with Crippen LogP contribution in [-0.2, 0) is 0 Å². The molecule has 1 rings (SSSR count). The van der Waals surface area contributed by atoms with Crippen LogP contribution in [0.25, 0.3) is 4.85 Å². The summed E-state index contributed by atoms with van der Waals surface area (Å²) in [5.41, 5.74) is 1.26. The Morgan fingerprint density at radius 2 is 2.00 bits per heavy atom. The Kier molecular flexibility index (Phi) is 3.00. The summed E-state index contributed by atoms with van der Waals surface area (Å²) in [5.74, 6) is 0.517. The van der Waals surface area contributed by atoms with Gasteiger partial charge < -0.3 is 4.85 Å². The molecule has 0 heterocycles. The zero-order valence-electron chi connectivity index (χ0n) is 6.37. The van der Waals surface area contributed by atoms with Gasteiger partial charge in [-0.25, -0.2) is 6.57 Å². The maximum atomic E-state index is 6.60. The number of aryl methyl sites for hydroxylation is 1. The van der Waals surface area contributed by atoms with E-state index in [0.717, 1.165) is 0 Å². The summed E-state index contributed by atoms with van der Waals surface area (Å²) in [7, 11) is 0. The second kappa shape index (κ2) is 4.05. The van der Waals surface area contributed by atoms with Crippen molar-refractivity contribution in [3.8, 4) is 0 Å². The van der Waals surface area contributed by atoms with E-state index in [1.807, 2.05) is 12.1 Å². The fourth-order valence-corrected chi connectivity index (χ4v) is 1.28. The monoisotopic (exact) mass is 163 g/mol. The summed E-state index contributed by atoms with van der Waals surface area (Å²) in [4.78, 5) is 4.44. The van der Waals surface area contributed by atoms with E-state index in [4.69, 9.17) is 6.57 Å². The van der Waals surface area contributed by atoms with Crippen molar-refractivity contribution in [3.63, 3.8) is 0 Å². The normalized spacial score (nSPS) is 9.09. The van der Waals surface area contributed by atoms with Gasteiger partial charge in [-0.05, 0) is 30.8 Å². The molecular weight excluding hydrogens is 154 g/mol. The molecule has 0 aliphatic carbocycles. The Hall–Kier alpha value is -0.940. The second-order valence-electron chi connectivity index (χ2n) is 2.24. The number of hydrogen-bond donors (Lipinski definition) is 0. The van der Waals surface area contributed by atoms with Crippen molar-refractivity contribution < 1.29 is 0 Å². The minimum Gasteiger partial charge on any atom is -0.305 e. The maximum absolute atomic E-state index is 6.60. The molecule has 56 valence electrons. The first-order valence-corrected chi connectivity index (χ1v) is 4.34. The third-order valence-electron chi connectivity index (χ3n) is 1.32. The van der Waals surface area contributed by atoms with Gasteiger partial charge in [0.05, 0.1) is 0 Å². The minimum atomic E-state index is 0.517. The van der Waals surface area contributed by atoms with E-state index in [0.29, 0.717) is 5.88 Å².